The molecule has 12 rings (SSSR count). The summed E-state index contributed by atoms with van der Waals surface area (Å²) in [5.41, 5.74) is 12.3. The Morgan fingerprint density at radius 3 is 1.35 bits per heavy atom. The van der Waals surface area contributed by atoms with Crippen molar-refractivity contribution in [2.24, 2.45) is 0 Å². The van der Waals surface area contributed by atoms with Crippen LogP contribution in [0, 0.1) is 0 Å². The second kappa shape index (κ2) is 10.3. The number of nitrogens with zero attached hydrogens (tertiary/aromatic N) is 3. The van der Waals surface area contributed by atoms with Gasteiger partial charge in [-0.05, 0) is 78.9 Å². The van der Waals surface area contributed by atoms with Gasteiger partial charge in [0.15, 0.2) is 0 Å². The number of hydrogen-bond acceptors (Lipinski definition) is 1. The van der Waals surface area contributed by atoms with E-state index >= 15 is 0 Å². The summed E-state index contributed by atoms with van der Waals surface area (Å²) in [6.07, 6.45) is 0. The molecule has 4 aromatic heterocycles. The third-order valence-electron chi connectivity index (χ3n) is 11.0. The van der Waals surface area contributed by atoms with Gasteiger partial charge in [-0.15, -0.1) is 0 Å². The van der Waals surface area contributed by atoms with Crippen LogP contribution in [0.25, 0.3) is 104 Å². The number of fused-ring (bicyclic) bond motifs is 13. The molecule has 4 nitrogen and oxygen atoms in total. The SMILES string of the molecule is c1ccc(-n2c3ccccc3c3ccc4c(c5ccccc5n4-c4ccc5oc6ccc(-n7c8ccccc8c8ccccc87)cc6c5c4)c32)cc1. The Morgan fingerprint density at radius 1 is 0.288 bits per heavy atom. The zero-order chi connectivity index (χ0) is 33.9. The lowest BCUT2D eigenvalue weighted by molar-refractivity contribution is 0.669. The summed E-state index contributed by atoms with van der Waals surface area (Å²) in [5.74, 6) is 0. The fraction of sp³-hybridized carbons (Fsp3) is 0. The van der Waals surface area contributed by atoms with Gasteiger partial charge in [-0.2, -0.15) is 0 Å². The molecule has 0 aliphatic heterocycles. The van der Waals surface area contributed by atoms with Gasteiger partial charge in [0, 0.05) is 60.2 Å². The van der Waals surface area contributed by atoms with Crippen molar-refractivity contribution < 1.29 is 4.42 Å². The number of benzene rings is 8. The minimum Gasteiger partial charge on any atom is -0.456 e. The molecule has 0 unspecified atom stereocenters. The lowest BCUT2D eigenvalue weighted by atomic mass is 10.1. The number of para-hydroxylation sites is 5. The first kappa shape index (κ1) is 27.7. The fourth-order valence-electron chi connectivity index (χ4n) is 8.86. The maximum absolute atomic E-state index is 6.48. The Kier molecular flexibility index (Phi) is 5.47. The molecule has 0 saturated heterocycles. The number of rotatable bonds is 3. The topological polar surface area (TPSA) is 27.9 Å². The average molecular weight is 664 g/mol. The first-order chi connectivity index (χ1) is 25.8. The Morgan fingerprint density at radius 2 is 0.750 bits per heavy atom. The van der Waals surface area contributed by atoms with E-state index in [2.05, 4.69) is 190 Å². The molecule has 0 aliphatic carbocycles. The summed E-state index contributed by atoms with van der Waals surface area (Å²) in [7, 11) is 0. The molecule has 0 saturated carbocycles. The molecule has 12 aromatic rings. The van der Waals surface area contributed by atoms with E-state index in [9.17, 15) is 0 Å². The molecule has 0 amide bonds. The van der Waals surface area contributed by atoms with Crippen LogP contribution in [0.2, 0.25) is 0 Å². The third kappa shape index (κ3) is 3.65. The first-order valence-corrected chi connectivity index (χ1v) is 17.8. The van der Waals surface area contributed by atoms with Crippen LogP contribution in [0.1, 0.15) is 0 Å². The standard InChI is InChI=1S/C48H29N3O/c1-2-12-30(13-3-1)51-42-20-10-6-16-35(42)36-24-25-44-47(48(36)51)37-17-7-11-21-43(37)50(44)32-23-27-46-39(29-32)38-28-31(22-26-45(38)52-46)49-40-18-8-4-14-33(40)34-15-5-9-19-41(34)49/h1-29H. The summed E-state index contributed by atoms with van der Waals surface area (Å²) in [5, 5.41) is 9.69. The van der Waals surface area contributed by atoms with Crippen LogP contribution in [-0.2, 0) is 0 Å². The van der Waals surface area contributed by atoms with Crippen LogP contribution in [0.3, 0.4) is 0 Å². The maximum atomic E-state index is 6.48. The zero-order valence-corrected chi connectivity index (χ0v) is 28.0. The van der Waals surface area contributed by atoms with Crippen LogP contribution in [0.15, 0.2) is 180 Å². The van der Waals surface area contributed by atoms with Gasteiger partial charge in [0.25, 0.3) is 0 Å². The highest BCUT2D eigenvalue weighted by Crippen LogP contribution is 2.43. The molecular weight excluding hydrogens is 635 g/mol. The minimum absolute atomic E-state index is 0.880. The Balaban J connectivity index is 1.14. The van der Waals surface area contributed by atoms with Crippen molar-refractivity contribution in [1.82, 2.24) is 13.7 Å². The summed E-state index contributed by atoms with van der Waals surface area (Å²) in [6, 6.07) is 63.5. The van der Waals surface area contributed by atoms with E-state index in [1.165, 1.54) is 65.4 Å². The smallest absolute Gasteiger partial charge is 0.135 e. The van der Waals surface area contributed by atoms with E-state index in [0.29, 0.717) is 0 Å². The van der Waals surface area contributed by atoms with E-state index in [4.69, 9.17) is 4.42 Å². The van der Waals surface area contributed by atoms with Gasteiger partial charge in [-0.3, -0.25) is 0 Å². The Bertz CT molecular complexity index is 3360. The van der Waals surface area contributed by atoms with Gasteiger partial charge >= 0.3 is 0 Å². The number of hydrogen-bond donors (Lipinski definition) is 0. The predicted octanol–water partition coefficient (Wildman–Crippen LogP) is 12.9. The molecule has 4 heteroatoms. The van der Waals surface area contributed by atoms with E-state index in [1.54, 1.807) is 0 Å². The third-order valence-corrected chi connectivity index (χ3v) is 11.0. The molecule has 0 fully saturated rings. The highest BCUT2D eigenvalue weighted by molar-refractivity contribution is 6.26. The first-order valence-electron chi connectivity index (χ1n) is 17.8. The lowest BCUT2D eigenvalue weighted by Gasteiger charge is -2.10. The van der Waals surface area contributed by atoms with Crippen molar-refractivity contribution in [3.63, 3.8) is 0 Å². The Labute approximate surface area is 297 Å². The number of aromatic nitrogens is 3. The predicted molar refractivity (Wildman–Crippen MR) is 217 cm³/mol. The molecular formula is C48H29N3O. The molecule has 0 aliphatic rings. The van der Waals surface area contributed by atoms with Crippen LogP contribution >= 0.6 is 0 Å². The molecule has 8 aromatic carbocycles. The van der Waals surface area contributed by atoms with E-state index in [1.807, 2.05) is 0 Å². The molecule has 4 heterocycles. The van der Waals surface area contributed by atoms with Gasteiger partial charge in [0.05, 0.1) is 33.1 Å². The zero-order valence-electron chi connectivity index (χ0n) is 28.0. The largest absolute Gasteiger partial charge is 0.456 e. The van der Waals surface area contributed by atoms with E-state index in [-0.39, 0.29) is 0 Å². The minimum atomic E-state index is 0.880. The average Bonchev–Trinajstić information content (AvgIpc) is 3.94. The summed E-state index contributed by atoms with van der Waals surface area (Å²) >= 11 is 0. The van der Waals surface area contributed by atoms with Gasteiger partial charge in [0.1, 0.15) is 11.2 Å². The van der Waals surface area contributed by atoms with Gasteiger partial charge in [-0.25, -0.2) is 0 Å². The van der Waals surface area contributed by atoms with Crippen molar-refractivity contribution in [3.8, 4) is 17.1 Å². The Hall–Kier alpha value is -7.04. The summed E-state index contributed by atoms with van der Waals surface area (Å²) in [4.78, 5) is 0. The van der Waals surface area contributed by atoms with Crippen molar-refractivity contribution in [3.05, 3.63) is 176 Å². The second-order valence-electron chi connectivity index (χ2n) is 13.7. The molecule has 0 N–H and O–H groups in total. The molecule has 0 radical (unpaired) electrons. The van der Waals surface area contributed by atoms with Gasteiger partial charge < -0.3 is 18.1 Å². The lowest BCUT2D eigenvalue weighted by Crippen LogP contribution is -1.95. The molecule has 242 valence electrons. The highest BCUT2D eigenvalue weighted by atomic mass is 16.3. The van der Waals surface area contributed by atoms with Gasteiger partial charge in [-0.1, -0.05) is 97.1 Å². The monoisotopic (exact) mass is 663 g/mol. The van der Waals surface area contributed by atoms with Crippen molar-refractivity contribution in [2.45, 2.75) is 0 Å². The summed E-state index contributed by atoms with van der Waals surface area (Å²) < 4.78 is 13.7. The molecule has 0 atom stereocenters. The number of furan rings is 1. The molecule has 52 heavy (non-hydrogen) atoms. The maximum Gasteiger partial charge on any atom is 0.135 e. The van der Waals surface area contributed by atoms with Crippen molar-refractivity contribution >= 4 is 87.4 Å². The van der Waals surface area contributed by atoms with Crippen LogP contribution < -0.4 is 0 Å². The fourth-order valence-corrected chi connectivity index (χ4v) is 8.86. The van der Waals surface area contributed by atoms with Gasteiger partial charge in [0.2, 0.25) is 0 Å². The highest BCUT2D eigenvalue weighted by Gasteiger charge is 2.21. The van der Waals surface area contributed by atoms with Crippen LogP contribution in [-0.4, -0.2) is 13.7 Å². The molecule has 0 spiro atoms. The molecule has 0 bridgehead atoms. The second-order valence-corrected chi connectivity index (χ2v) is 13.7. The van der Waals surface area contributed by atoms with E-state index in [0.717, 1.165) is 39.0 Å². The normalized spacial score (nSPS) is 12.2. The quantitative estimate of drug-likeness (QED) is 0.185. The van der Waals surface area contributed by atoms with Crippen LogP contribution in [0.5, 0.6) is 0 Å². The summed E-state index contributed by atoms with van der Waals surface area (Å²) in [6.45, 7) is 0. The van der Waals surface area contributed by atoms with Crippen LogP contribution in [0.4, 0.5) is 0 Å². The van der Waals surface area contributed by atoms with Crippen molar-refractivity contribution in [1.29, 1.82) is 0 Å². The van der Waals surface area contributed by atoms with E-state index < -0.39 is 0 Å². The van der Waals surface area contributed by atoms with Crippen molar-refractivity contribution in [2.75, 3.05) is 0 Å².